The Morgan fingerprint density at radius 2 is 2.20 bits per heavy atom. The number of piperidine rings is 1. The lowest BCUT2D eigenvalue weighted by atomic mass is 9.83. The van der Waals surface area contributed by atoms with Crippen molar-refractivity contribution in [2.24, 2.45) is 5.92 Å². The Kier molecular flexibility index (Phi) is 5.58. The number of hydrogen-bond acceptors (Lipinski definition) is 2. The molecule has 0 radical (unpaired) electrons. The van der Waals surface area contributed by atoms with E-state index in [-0.39, 0.29) is 11.9 Å². The second-order valence-corrected chi connectivity index (χ2v) is 6.82. The van der Waals surface area contributed by atoms with Gasteiger partial charge < -0.3 is 5.32 Å². The minimum absolute atomic E-state index is 0.0909. The molecule has 2 unspecified atom stereocenters. The fourth-order valence-corrected chi connectivity index (χ4v) is 3.71. The monoisotopic (exact) mass is 342 g/mol. The zero-order valence-corrected chi connectivity index (χ0v) is 14.1. The van der Waals surface area contributed by atoms with Gasteiger partial charge in [-0.05, 0) is 70.9 Å². The Labute approximate surface area is 129 Å². The van der Waals surface area contributed by atoms with Crippen LogP contribution in [0.25, 0.3) is 0 Å². The summed E-state index contributed by atoms with van der Waals surface area (Å²) < 4.78 is 15.3. The summed E-state index contributed by atoms with van der Waals surface area (Å²) in [4.78, 5) is 2.44. The van der Waals surface area contributed by atoms with Crippen LogP contribution in [0.5, 0.6) is 0 Å². The average molecular weight is 343 g/mol. The van der Waals surface area contributed by atoms with Crippen LogP contribution in [0.1, 0.15) is 38.3 Å². The third kappa shape index (κ3) is 3.41. The minimum Gasteiger partial charge on any atom is -0.319 e. The van der Waals surface area contributed by atoms with Gasteiger partial charge in [0.05, 0.1) is 0 Å². The minimum atomic E-state index is -0.0909. The molecule has 2 atom stereocenters. The molecule has 112 valence electrons. The van der Waals surface area contributed by atoms with Gasteiger partial charge in [-0.2, -0.15) is 0 Å². The first-order valence-corrected chi connectivity index (χ1v) is 8.19. The van der Waals surface area contributed by atoms with Crippen LogP contribution in [-0.4, -0.2) is 31.1 Å². The van der Waals surface area contributed by atoms with E-state index in [0.29, 0.717) is 12.0 Å². The second kappa shape index (κ2) is 7.01. The maximum atomic E-state index is 14.3. The van der Waals surface area contributed by atoms with E-state index >= 15 is 0 Å². The van der Waals surface area contributed by atoms with E-state index in [4.69, 9.17) is 0 Å². The van der Waals surface area contributed by atoms with Crippen molar-refractivity contribution in [2.75, 3.05) is 20.1 Å². The maximum Gasteiger partial charge on any atom is 0.128 e. The highest BCUT2D eigenvalue weighted by Crippen LogP contribution is 2.38. The van der Waals surface area contributed by atoms with Crippen molar-refractivity contribution in [1.82, 2.24) is 10.2 Å². The first kappa shape index (κ1) is 15.9. The molecular formula is C16H24BrFN2. The summed E-state index contributed by atoms with van der Waals surface area (Å²) in [6, 6.07) is 5.88. The lowest BCUT2D eigenvalue weighted by Gasteiger charge is -2.44. The van der Waals surface area contributed by atoms with Crippen LogP contribution in [0.3, 0.4) is 0 Å². The van der Waals surface area contributed by atoms with Crippen molar-refractivity contribution in [3.05, 3.63) is 34.1 Å². The topological polar surface area (TPSA) is 15.3 Å². The Balaban J connectivity index is 2.40. The highest BCUT2D eigenvalue weighted by atomic mass is 79.9. The number of benzene rings is 1. The van der Waals surface area contributed by atoms with E-state index in [1.807, 2.05) is 13.1 Å². The largest absolute Gasteiger partial charge is 0.319 e. The van der Waals surface area contributed by atoms with Crippen molar-refractivity contribution in [3.8, 4) is 0 Å². The summed E-state index contributed by atoms with van der Waals surface area (Å²) in [6.07, 6.45) is 2.34. The van der Waals surface area contributed by atoms with Crippen LogP contribution in [0.4, 0.5) is 4.39 Å². The molecule has 2 nitrogen and oxygen atoms in total. The van der Waals surface area contributed by atoms with Gasteiger partial charge in [0.25, 0.3) is 0 Å². The van der Waals surface area contributed by atoms with E-state index in [2.05, 4.69) is 40.0 Å². The molecule has 0 spiro atoms. The average Bonchev–Trinajstić information content (AvgIpc) is 2.42. The van der Waals surface area contributed by atoms with Crippen molar-refractivity contribution < 1.29 is 4.39 Å². The van der Waals surface area contributed by atoms with Gasteiger partial charge in [-0.3, -0.25) is 4.90 Å². The maximum absolute atomic E-state index is 14.3. The Bertz CT molecular complexity index is 448. The fraction of sp³-hybridized carbons (Fsp3) is 0.625. The Morgan fingerprint density at radius 3 is 2.85 bits per heavy atom. The highest BCUT2D eigenvalue weighted by Gasteiger charge is 2.35. The normalized spacial score (nSPS) is 24.3. The molecule has 0 bridgehead atoms. The van der Waals surface area contributed by atoms with E-state index in [1.165, 1.54) is 6.42 Å². The van der Waals surface area contributed by atoms with Crippen LogP contribution < -0.4 is 5.32 Å². The van der Waals surface area contributed by atoms with E-state index < -0.39 is 0 Å². The molecule has 4 heteroatoms. The van der Waals surface area contributed by atoms with Gasteiger partial charge in [0, 0.05) is 22.1 Å². The molecule has 1 fully saturated rings. The highest BCUT2D eigenvalue weighted by molar-refractivity contribution is 9.10. The van der Waals surface area contributed by atoms with Crippen molar-refractivity contribution in [2.45, 2.75) is 38.8 Å². The van der Waals surface area contributed by atoms with Gasteiger partial charge >= 0.3 is 0 Å². The van der Waals surface area contributed by atoms with E-state index in [1.54, 1.807) is 12.1 Å². The third-order valence-corrected chi connectivity index (χ3v) is 4.69. The SMILES string of the molecule is CNCC1CCCN(C(C)C)C1c1cc(Br)ccc1F. The van der Waals surface area contributed by atoms with Gasteiger partial charge in [-0.15, -0.1) is 0 Å². The molecule has 1 aromatic carbocycles. The smallest absolute Gasteiger partial charge is 0.128 e. The molecule has 2 rings (SSSR count). The zero-order chi connectivity index (χ0) is 14.7. The van der Waals surface area contributed by atoms with Gasteiger partial charge in [-0.25, -0.2) is 4.39 Å². The van der Waals surface area contributed by atoms with Crippen molar-refractivity contribution in [3.63, 3.8) is 0 Å². The first-order valence-electron chi connectivity index (χ1n) is 7.40. The molecular weight excluding hydrogens is 319 g/mol. The quantitative estimate of drug-likeness (QED) is 0.890. The molecule has 0 aliphatic carbocycles. The second-order valence-electron chi connectivity index (χ2n) is 5.90. The van der Waals surface area contributed by atoms with E-state index in [0.717, 1.165) is 29.5 Å². The van der Waals surface area contributed by atoms with Crippen LogP contribution in [0, 0.1) is 11.7 Å². The van der Waals surface area contributed by atoms with Crippen molar-refractivity contribution >= 4 is 15.9 Å². The molecule has 20 heavy (non-hydrogen) atoms. The number of rotatable bonds is 4. The summed E-state index contributed by atoms with van der Waals surface area (Å²) in [5.74, 6) is 0.367. The van der Waals surface area contributed by atoms with Gasteiger partial charge in [-0.1, -0.05) is 15.9 Å². The van der Waals surface area contributed by atoms with Crippen LogP contribution >= 0.6 is 15.9 Å². The summed E-state index contributed by atoms with van der Waals surface area (Å²) in [5.41, 5.74) is 0.827. The predicted molar refractivity (Wildman–Crippen MR) is 85.3 cm³/mol. The molecule has 0 amide bonds. The molecule has 1 aliphatic heterocycles. The third-order valence-electron chi connectivity index (χ3n) is 4.20. The summed E-state index contributed by atoms with van der Waals surface area (Å²) in [5, 5.41) is 3.27. The van der Waals surface area contributed by atoms with Crippen molar-refractivity contribution in [1.29, 1.82) is 0 Å². The van der Waals surface area contributed by atoms with Crippen LogP contribution in [0.2, 0.25) is 0 Å². The van der Waals surface area contributed by atoms with E-state index in [9.17, 15) is 4.39 Å². The van der Waals surface area contributed by atoms with Gasteiger partial charge in [0.2, 0.25) is 0 Å². The summed E-state index contributed by atoms with van der Waals surface area (Å²) in [6.45, 7) is 6.38. The van der Waals surface area contributed by atoms with Gasteiger partial charge in [0.15, 0.2) is 0 Å². The lowest BCUT2D eigenvalue weighted by Crippen LogP contribution is -2.45. The zero-order valence-electron chi connectivity index (χ0n) is 12.5. The lowest BCUT2D eigenvalue weighted by molar-refractivity contribution is 0.0613. The predicted octanol–water partition coefficient (Wildman–Crippen LogP) is 3.97. The van der Waals surface area contributed by atoms with Crippen LogP contribution in [0.15, 0.2) is 22.7 Å². The van der Waals surface area contributed by atoms with Gasteiger partial charge in [0.1, 0.15) is 5.82 Å². The molecule has 1 aliphatic rings. The number of nitrogens with one attached hydrogen (secondary N) is 1. The molecule has 0 saturated carbocycles. The molecule has 0 aromatic heterocycles. The molecule has 1 aromatic rings. The standard InChI is InChI=1S/C16H24BrFN2/c1-11(2)20-8-4-5-12(10-19-3)16(20)14-9-13(17)6-7-15(14)18/h6-7,9,11-12,16,19H,4-5,8,10H2,1-3H3. The molecule has 1 saturated heterocycles. The number of hydrogen-bond donors (Lipinski definition) is 1. The van der Waals surface area contributed by atoms with Crippen LogP contribution in [-0.2, 0) is 0 Å². The number of likely N-dealkylation sites (tertiary alicyclic amines) is 1. The number of halogens is 2. The summed E-state index contributed by atoms with van der Waals surface area (Å²) >= 11 is 3.48. The molecule has 1 heterocycles. The molecule has 1 N–H and O–H groups in total. The first-order chi connectivity index (χ1) is 9.54. The Morgan fingerprint density at radius 1 is 1.45 bits per heavy atom. The fourth-order valence-electron chi connectivity index (χ4n) is 3.33. The summed E-state index contributed by atoms with van der Waals surface area (Å²) in [7, 11) is 1.97. The Hall–Kier alpha value is -0.450. The number of nitrogens with zero attached hydrogens (tertiary/aromatic N) is 1.